The molecule has 0 radical (unpaired) electrons. The molecule has 21 heavy (non-hydrogen) atoms. The van der Waals surface area contributed by atoms with Crippen molar-refractivity contribution >= 4 is 27.5 Å². The van der Waals surface area contributed by atoms with Gasteiger partial charge in [0.05, 0.1) is 11.3 Å². The smallest absolute Gasteiger partial charge is 0.387 e. The molecule has 0 aromatic heterocycles. The molecule has 3 nitrogen and oxygen atoms in total. The Morgan fingerprint density at radius 3 is 2.57 bits per heavy atom. The Bertz CT molecular complexity index is 664. The number of hydrogen-bond donors (Lipinski definition) is 1. The normalized spacial score (nSPS) is 10.5. The van der Waals surface area contributed by atoms with Crippen LogP contribution in [0.4, 0.5) is 18.9 Å². The highest BCUT2D eigenvalue weighted by atomic mass is 79.9. The van der Waals surface area contributed by atoms with Gasteiger partial charge in [-0.2, -0.15) is 8.78 Å². The van der Waals surface area contributed by atoms with Crippen molar-refractivity contribution in [2.24, 2.45) is 0 Å². The molecule has 0 unspecified atom stereocenters. The predicted octanol–water partition coefficient (Wildman–Crippen LogP) is 4.44. The third kappa shape index (κ3) is 3.98. The lowest BCUT2D eigenvalue weighted by Gasteiger charge is -2.11. The predicted molar refractivity (Wildman–Crippen MR) is 75.1 cm³/mol. The second kappa shape index (κ2) is 6.62. The van der Waals surface area contributed by atoms with Gasteiger partial charge in [0.25, 0.3) is 5.91 Å². The fourth-order valence-corrected chi connectivity index (χ4v) is 1.97. The number of anilines is 1. The number of alkyl halides is 2. The van der Waals surface area contributed by atoms with Gasteiger partial charge in [0, 0.05) is 4.47 Å². The zero-order valence-corrected chi connectivity index (χ0v) is 12.0. The number of para-hydroxylation sites is 1. The monoisotopic (exact) mass is 359 g/mol. The summed E-state index contributed by atoms with van der Waals surface area (Å²) in [5, 5.41) is 2.31. The summed E-state index contributed by atoms with van der Waals surface area (Å²) in [6.45, 7) is -3.05. The third-order valence-corrected chi connectivity index (χ3v) is 3.02. The van der Waals surface area contributed by atoms with E-state index in [2.05, 4.69) is 26.0 Å². The second-order valence-corrected chi connectivity index (χ2v) is 4.87. The van der Waals surface area contributed by atoms with E-state index in [1.807, 2.05) is 0 Å². The van der Waals surface area contributed by atoms with Gasteiger partial charge in [-0.05, 0) is 30.3 Å². The van der Waals surface area contributed by atoms with Gasteiger partial charge < -0.3 is 10.1 Å². The lowest BCUT2D eigenvalue weighted by atomic mass is 10.2. The van der Waals surface area contributed by atoms with Crippen molar-refractivity contribution < 1.29 is 22.7 Å². The van der Waals surface area contributed by atoms with Gasteiger partial charge in [-0.25, -0.2) is 4.39 Å². The van der Waals surface area contributed by atoms with E-state index in [-0.39, 0.29) is 17.0 Å². The lowest BCUT2D eigenvalue weighted by Crippen LogP contribution is -2.15. The first-order chi connectivity index (χ1) is 9.97. The van der Waals surface area contributed by atoms with Crippen LogP contribution in [0, 0.1) is 5.82 Å². The molecule has 0 aliphatic carbocycles. The number of halogens is 4. The second-order valence-electron chi connectivity index (χ2n) is 3.95. The van der Waals surface area contributed by atoms with Crippen molar-refractivity contribution in [3.63, 3.8) is 0 Å². The van der Waals surface area contributed by atoms with Crippen LogP contribution >= 0.6 is 15.9 Å². The summed E-state index contributed by atoms with van der Waals surface area (Å²) in [7, 11) is 0. The lowest BCUT2D eigenvalue weighted by molar-refractivity contribution is -0.0501. The summed E-state index contributed by atoms with van der Waals surface area (Å²) in [6, 6.07) is 9.56. The molecular formula is C14H9BrF3NO2. The highest BCUT2D eigenvalue weighted by Gasteiger charge is 2.16. The van der Waals surface area contributed by atoms with Crippen LogP contribution in [0.5, 0.6) is 5.75 Å². The van der Waals surface area contributed by atoms with Crippen molar-refractivity contribution in [3.8, 4) is 5.75 Å². The number of amides is 1. The fraction of sp³-hybridized carbons (Fsp3) is 0.0714. The van der Waals surface area contributed by atoms with Crippen molar-refractivity contribution in [2.45, 2.75) is 6.61 Å². The van der Waals surface area contributed by atoms with Gasteiger partial charge >= 0.3 is 6.61 Å². The molecule has 1 N–H and O–H groups in total. The summed E-state index contributed by atoms with van der Waals surface area (Å²) in [6.07, 6.45) is 0. The minimum absolute atomic E-state index is 0.0601. The Morgan fingerprint density at radius 1 is 1.19 bits per heavy atom. The van der Waals surface area contributed by atoms with E-state index in [0.717, 1.165) is 0 Å². The summed E-state index contributed by atoms with van der Waals surface area (Å²) in [4.78, 5) is 12.0. The summed E-state index contributed by atoms with van der Waals surface area (Å²) in [5.41, 5.74) is -0.171. The molecule has 110 valence electrons. The van der Waals surface area contributed by atoms with Gasteiger partial charge in [0.15, 0.2) is 0 Å². The zero-order chi connectivity index (χ0) is 15.4. The Kier molecular flexibility index (Phi) is 4.85. The van der Waals surface area contributed by atoms with E-state index >= 15 is 0 Å². The molecule has 1 amide bonds. The number of ether oxygens (including phenoxy) is 1. The van der Waals surface area contributed by atoms with Crippen LogP contribution in [0.3, 0.4) is 0 Å². The molecule has 0 saturated heterocycles. The summed E-state index contributed by atoms with van der Waals surface area (Å²) < 4.78 is 43.0. The Labute approximate surface area is 126 Å². The number of hydrogen-bond acceptors (Lipinski definition) is 2. The maximum Gasteiger partial charge on any atom is 0.387 e. The largest absolute Gasteiger partial charge is 0.434 e. The first-order valence-electron chi connectivity index (χ1n) is 5.77. The highest BCUT2D eigenvalue weighted by Crippen LogP contribution is 2.24. The molecule has 0 spiro atoms. The first kappa shape index (κ1) is 15.4. The quantitative estimate of drug-likeness (QED) is 0.876. The average molecular weight is 360 g/mol. The van der Waals surface area contributed by atoms with Gasteiger partial charge in [0.2, 0.25) is 0 Å². The zero-order valence-electron chi connectivity index (χ0n) is 10.4. The molecule has 0 saturated carbocycles. The van der Waals surface area contributed by atoms with Crippen LogP contribution in [0.1, 0.15) is 10.4 Å². The Morgan fingerprint density at radius 2 is 1.90 bits per heavy atom. The van der Waals surface area contributed by atoms with Crippen LogP contribution in [0.2, 0.25) is 0 Å². The molecule has 2 rings (SSSR count). The summed E-state index contributed by atoms with van der Waals surface area (Å²) in [5.74, 6) is -1.67. The van der Waals surface area contributed by atoms with Gasteiger partial charge in [-0.1, -0.05) is 28.1 Å². The van der Waals surface area contributed by atoms with Crippen molar-refractivity contribution in [1.82, 2.24) is 0 Å². The molecular weight excluding hydrogens is 351 g/mol. The van der Waals surface area contributed by atoms with E-state index < -0.39 is 18.3 Å². The van der Waals surface area contributed by atoms with E-state index in [1.54, 1.807) is 6.07 Å². The van der Waals surface area contributed by atoms with Crippen LogP contribution < -0.4 is 10.1 Å². The maximum absolute atomic E-state index is 13.6. The van der Waals surface area contributed by atoms with Crippen LogP contribution in [0.25, 0.3) is 0 Å². The Hall–Kier alpha value is -2.02. The van der Waals surface area contributed by atoms with Crippen LogP contribution in [-0.4, -0.2) is 12.5 Å². The molecule has 0 heterocycles. The first-order valence-corrected chi connectivity index (χ1v) is 6.57. The average Bonchev–Trinajstić information content (AvgIpc) is 2.42. The molecule has 0 aliphatic rings. The highest BCUT2D eigenvalue weighted by molar-refractivity contribution is 9.10. The van der Waals surface area contributed by atoms with E-state index in [4.69, 9.17) is 0 Å². The topological polar surface area (TPSA) is 38.3 Å². The van der Waals surface area contributed by atoms with E-state index in [9.17, 15) is 18.0 Å². The van der Waals surface area contributed by atoms with Crippen molar-refractivity contribution in [3.05, 3.63) is 58.3 Å². The van der Waals surface area contributed by atoms with Gasteiger partial charge in [-0.3, -0.25) is 4.79 Å². The molecule has 0 aliphatic heterocycles. The van der Waals surface area contributed by atoms with Gasteiger partial charge in [0.1, 0.15) is 11.6 Å². The SMILES string of the molecule is O=C(Nc1ccc(Br)cc1F)c1ccccc1OC(F)F. The van der Waals surface area contributed by atoms with Crippen molar-refractivity contribution in [2.75, 3.05) is 5.32 Å². The third-order valence-electron chi connectivity index (χ3n) is 2.53. The van der Waals surface area contributed by atoms with Crippen LogP contribution in [0.15, 0.2) is 46.9 Å². The minimum Gasteiger partial charge on any atom is -0.434 e. The summed E-state index contributed by atoms with van der Waals surface area (Å²) >= 11 is 3.09. The molecule has 7 heteroatoms. The number of benzene rings is 2. The molecule has 2 aromatic carbocycles. The standard InChI is InChI=1S/C14H9BrF3NO2/c15-8-5-6-11(10(16)7-8)19-13(20)9-3-1-2-4-12(9)21-14(17)18/h1-7,14H,(H,19,20). The number of nitrogens with one attached hydrogen (secondary N) is 1. The molecule has 0 bridgehead atoms. The fourth-order valence-electron chi connectivity index (χ4n) is 1.63. The van der Waals surface area contributed by atoms with Gasteiger partial charge in [-0.15, -0.1) is 0 Å². The molecule has 2 aromatic rings. The molecule has 0 fully saturated rings. The maximum atomic E-state index is 13.6. The number of carbonyl (C=O) groups is 1. The molecule has 0 atom stereocenters. The number of carbonyl (C=O) groups excluding carboxylic acids is 1. The Balaban J connectivity index is 2.24. The van der Waals surface area contributed by atoms with Crippen LogP contribution in [-0.2, 0) is 0 Å². The van der Waals surface area contributed by atoms with E-state index in [0.29, 0.717) is 4.47 Å². The number of rotatable bonds is 4. The van der Waals surface area contributed by atoms with Crippen molar-refractivity contribution in [1.29, 1.82) is 0 Å². The minimum atomic E-state index is -3.05. The van der Waals surface area contributed by atoms with E-state index in [1.165, 1.54) is 36.4 Å².